The molecule has 9 nitrogen and oxygen atoms in total. The molecule has 0 unspecified atom stereocenters. The van der Waals surface area contributed by atoms with E-state index in [0.29, 0.717) is 17.9 Å². The number of nitrogens with one attached hydrogen (secondary N) is 1. The molecule has 7 rings (SSSR count). The molecule has 1 atom stereocenters. The van der Waals surface area contributed by atoms with Gasteiger partial charge in [0, 0.05) is 38.3 Å². The van der Waals surface area contributed by atoms with Gasteiger partial charge in [0.1, 0.15) is 6.04 Å². The van der Waals surface area contributed by atoms with Crippen LogP contribution < -0.4 is 10.5 Å². The minimum Gasteiger partial charge on any atom is -0.345 e. The van der Waals surface area contributed by atoms with Crippen LogP contribution in [0.15, 0.2) is 83.7 Å². The molecule has 1 fully saturated rings. The molecule has 1 aliphatic heterocycles. The fourth-order valence-electron chi connectivity index (χ4n) is 5.72. The highest BCUT2D eigenvalue weighted by molar-refractivity contribution is 7.22. The maximum atomic E-state index is 13.7. The minimum atomic E-state index is -0.382. The van der Waals surface area contributed by atoms with Gasteiger partial charge >= 0.3 is 0 Å². The van der Waals surface area contributed by atoms with E-state index in [4.69, 9.17) is 4.98 Å². The third kappa shape index (κ3) is 5.00. The Kier molecular flexibility index (Phi) is 6.77. The van der Waals surface area contributed by atoms with E-state index in [1.165, 1.54) is 10.3 Å². The van der Waals surface area contributed by atoms with Crippen molar-refractivity contribution < 1.29 is 0 Å². The quantitative estimate of drug-likeness (QED) is 0.304. The van der Waals surface area contributed by atoms with Gasteiger partial charge in [0.15, 0.2) is 11.0 Å². The predicted molar refractivity (Wildman–Crippen MR) is 163 cm³/mol. The molecule has 6 aromatic rings. The summed E-state index contributed by atoms with van der Waals surface area (Å²) in [7, 11) is 0. The van der Waals surface area contributed by atoms with Crippen molar-refractivity contribution in [1.82, 2.24) is 35.1 Å². The lowest BCUT2D eigenvalue weighted by molar-refractivity contribution is 0.199. The topological polar surface area (TPSA) is 95.8 Å². The van der Waals surface area contributed by atoms with E-state index in [1.54, 1.807) is 11.3 Å². The number of fused-ring (bicyclic) bond motifs is 2. The molecule has 4 heterocycles. The van der Waals surface area contributed by atoms with E-state index in [2.05, 4.69) is 60.6 Å². The van der Waals surface area contributed by atoms with Crippen LogP contribution in [0.4, 0.5) is 5.13 Å². The van der Waals surface area contributed by atoms with Gasteiger partial charge in [-0.05, 0) is 58.5 Å². The Balaban J connectivity index is 1.23. The number of tetrazole rings is 1. The molecule has 206 valence electrons. The zero-order valence-corrected chi connectivity index (χ0v) is 23.6. The number of aromatic amines is 1. The first-order valence-corrected chi connectivity index (χ1v) is 14.7. The number of thiazole rings is 1. The largest absolute Gasteiger partial charge is 0.345 e. The van der Waals surface area contributed by atoms with Gasteiger partial charge in [0.05, 0.1) is 15.7 Å². The summed E-state index contributed by atoms with van der Waals surface area (Å²) in [6.45, 7) is 5.73. The van der Waals surface area contributed by atoms with Gasteiger partial charge in [0.25, 0.3) is 5.56 Å². The Hall–Kier alpha value is -4.41. The van der Waals surface area contributed by atoms with Crippen molar-refractivity contribution in [2.45, 2.75) is 25.9 Å². The highest BCUT2D eigenvalue weighted by atomic mass is 32.1. The molecule has 1 saturated heterocycles. The zero-order chi connectivity index (χ0) is 27.8. The van der Waals surface area contributed by atoms with Crippen molar-refractivity contribution in [3.63, 3.8) is 0 Å². The Morgan fingerprint density at radius 2 is 1.76 bits per heavy atom. The lowest BCUT2D eigenvalue weighted by Gasteiger charge is -2.38. The molecule has 0 aliphatic carbocycles. The monoisotopic (exact) mass is 562 g/mol. The van der Waals surface area contributed by atoms with Crippen LogP contribution in [0.25, 0.3) is 21.1 Å². The van der Waals surface area contributed by atoms with Crippen LogP contribution in [0.5, 0.6) is 0 Å². The van der Waals surface area contributed by atoms with Crippen LogP contribution >= 0.6 is 11.3 Å². The van der Waals surface area contributed by atoms with Gasteiger partial charge in [-0.3, -0.25) is 9.69 Å². The highest BCUT2D eigenvalue weighted by Crippen LogP contribution is 2.32. The second-order valence-corrected chi connectivity index (χ2v) is 11.5. The Bertz CT molecular complexity index is 1840. The lowest BCUT2D eigenvalue weighted by atomic mass is 10.0. The normalized spacial score (nSPS) is 15.1. The molecule has 0 saturated carbocycles. The lowest BCUT2D eigenvalue weighted by Crippen LogP contribution is -2.49. The number of hydrogen-bond donors (Lipinski definition) is 1. The number of rotatable bonds is 7. The summed E-state index contributed by atoms with van der Waals surface area (Å²) in [5.74, 6) is 0.687. The van der Waals surface area contributed by atoms with Gasteiger partial charge in [-0.15, -0.1) is 5.10 Å². The number of H-pyrrole nitrogens is 1. The van der Waals surface area contributed by atoms with Crippen LogP contribution in [0.2, 0.25) is 0 Å². The summed E-state index contributed by atoms with van der Waals surface area (Å²) in [5, 5.41) is 15.0. The summed E-state index contributed by atoms with van der Waals surface area (Å²) in [5.41, 5.74) is 4.71. The molecule has 0 spiro atoms. The molecule has 3 aromatic carbocycles. The number of hydrogen-bond acceptors (Lipinski definition) is 8. The molecule has 0 radical (unpaired) electrons. The number of piperazine rings is 1. The van der Waals surface area contributed by atoms with E-state index in [-0.39, 0.29) is 11.6 Å². The average Bonchev–Trinajstić information content (AvgIpc) is 3.65. The fraction of sp³-hybridized carbons (Fsp3) is 0.258. The summed E-state index contributed by atoms with van der Waals surface area (Å²) < 4.78 is 3.05. The highest BCUT2D eigenvalue weighted by Gasteiger charge is 2.33. The van der Waals surface area contributed by atoms with Gasteiger partial charge in [-0.2, -0.15) is 0 Å². The maximum Gasteiger partial charge on any atom is 0.253 e. The minimum absolute atomic E-state index is 0.108. The van der Waals surface area contributed by atoms with Crippen LogP contribution in [0.3, 0.4) is 0 Å². The van der Waals surface area contributed by atoms with E-state index in [9.17, 15) is 4.79 Å². The van der Waals surface area contributed by atoms with Gasteiger partial charge < -0.3 is 9.88 Å². The van der Waals surface area contributed by atoms with Crippen molar-refractivity contribution >= 4 is 37.6 Å². The van der Waals surface area contributed by atoms with Gasteiger partial charge in [-0.25, -0.2) is 9.67 Å². The van der Waals surface area contributed by atoms with E-state index < -0.39 is 0 Å². The molecule has 0 bridgehead atoms. The van der Waals surface area contributed by atoms with Crippen molar-refractivity contribution in [3.05, 3.63) is 112 Å². The molecule has 1 aliphatic rings. The Morgan fingerprint density at radius 1 is 0.951 bits per heavy atom. The smallest absolute Gasteiger partial charge is 0.253 e. The Labute approximate surface area is 241 Å². The second-order valence-electron chi connectivity index (χ2n) is 10.5. The summed E-state index contributed by atoms with van der Waals surface area (Å²) >= 11 is 1.72. The fourth-order valence-corrected chi connectivity index (χ4v) is 6.73. The number of benzene rings is 3. The summed E-state index contributed by atoms with van der Waals surface area (Å²) in [6.07, 6.45) is 0.796. The number of para-hydroxylation sites is 2. The van der Waals surface area contributed by atoms with Crippen LogP contribution in [-0.4, -0.2) is 61.3 Å². The first-order valence-electron chi connectivity index (χ1n) is 13.9. The number of anilines is 1. The second kappa shape index (κ2) is 10.9. The SMILES string of the molecule is Cc1cccc2cc([C@@H](c3nnnn3CCc3ccccc3)N3CCN(c4nc5ccccc5s4)CC3)c(=O)[nH]c12. The van der Waals surface area contributed by atoms with Gasteiger partial charge in [0.2, 0.25) is 0 Å². The summed E-state index contributed by atoms with van der Waals surface area (Å²) in [4.78, 5) is 26.4. The molecule has 41 heavy (non-hydrogen) atoms. The van der Waals surface area contributed by atoms with Gasteiger partial charge in [-0.1, -0.05) is 72.0 Å². The molecule has 10 heteroatoms. The van der Waals surface area contributed by atoms with E-state index >= 15 is 0 Å². The molecule has 0 amide bonds. The van der Waals surface area contributed by atoms with Crippen molar-refractivity contribution in [3.8, 4) is 0 Å². The maximum absolute atomic E-state index is 13.7. The van der Waals surface area contributed by atoms with Crippen molar-refractivity contribution in [2.24, 2.45) is 0 Å². The van der Waals surface area contributed by atoms with Crippen LogP contribution in [0.1, 0.15) is 28.6 Å². The van der Waals surface area contributed by atoms with E-state index in [0.717, 1.165) is 59.7 Å². The zero-order valence-electron chi connectivity index (χ0n) is 22.8. The van der Waals surface area contributed by atoms with Crippen molar-refractivity contribution in [2.75, 3.05) is 31.1 Å². The predicted octanol–water partition coefficient (Wildman–Crippen LogP) is 4.59. The number of nitrogens with zero attached hydrogens (tertiary/aromatic N) is 7. The average molecular weight is 563 g/mol. The standard InChI is InChI=1S/C31H30N8OS/c1-21-8-7-11-23-20-24(30(40)33-27(21)23)28(29-34-35-36-39(29)15-14-22-9-3-2-4-10-22)37-16-18-38(19-17-37)31-32-25-12-5-6-13-26(25)41-31/h2-13,20,28H,14-19H2,1H3,(H,33,40)/t28-/m0/s1. The number of aryl methyl sites for hydroxylation is 3. The third-order valence-corrected chi connectivity index (χ3v) is 9.00. The Morgan fingerprint density at radius 3 is 2.59 bits per heavy atom. The molecule has 1 N–H and O–H groups in total. The van der Waals surface area contributed by atoms with Crippen molar-refractivity contribution in [1.29, 1.82) is 0 Å². The third-order valence-electron chi connectivity index (χ3n) is 7.90. The summed E-state index contributed by atoms with van der Waals surface area (Å²) in [6, 6.07) is 26.3. The number of pyridine rings is 1. The number of aromatic nitrogens is 6. The first kappa shape index (κ1) is 25.6. The first-order chi connectivity index (χ1) is 20.1. The molecular formula is C31H30N8OS. The van der Waals surface area contributed by atoms with Crippen LogP contribution in [-0.2, 0) is 13.0 Å². The van der Waals surface area contributed by atoms with Crippen LogP contribution in [0, 0.1) is 6.92 Å². The van der Waals surface area contributed by atoms with E-state index in [1.807, 2.05) is 60.1 Å². The molecular weight excluding hydrogens is 532 g/mol. The molecule has 3 aromatic heterocycles.